The molecule has 2 nitrogen and oxygen atoms in total. The predicted octanol–water partition coefficient (Wildman–Crippen LogP) is 5.54. The second kappa shape index (κ2) is 6.92. The number of rotatable bonds is 1. The number of ketones is 1. The number of carbonyl (C=O) groups excluding carboxylic acids is 1. The lowest BCUT2D eigenvalue weighted by atomic mass is 9.55. The van der Waals surface area contributed by atoms with Gasteiger partial charge in [0.05, 0.1) is 7.11 Å². The van der Waals surface area contributed by atoms with Crippen LogP contribution in [0.3, 0.4) is 0 Å². The maximum atomic E-state index is 13.3. The molecular formula is C25H32O2Si. The molecule has 0 radical (unpaired) electrons. The van der Waals surface area contributed by atoms with Gasteiger partial charge in [-0.05, 0) is 79.2 Å². The summed E-state index contributed by atoms with van der Waals surface area (Å²) in [4.78, 5) is 13.3. The third-order valence-electron chi connectivity index (χ3n) is 7.27. The number of aryl methyl sites for hydroxylation is 1. The van der Waals surface area contributed by atoms with Crippen molar-refractivity contribution in [2.45, 2.75) is 64.6 Å². The van der Waals surface area contributed by atoms with E-state index in [4.69, 9.17) is 4.74 Å². The van der Waals surface area contributed by atoms with Gasteiger partial charge in [-0.15, -0.1) is 5.54 Å². The summed E-state index contributed by atoms with van der Waals surface area (Å²) in [5.41, 5.74) is 7.15. The number of allylic oxidation sites excluding steroid dienone is 2. The minimum atomic E-state index is -1.41. The molecule has 0 spiro atoms. The summed E-state index contributed by atoms with van der Waals surface area (Å²) in [5.74, 6) is 6.24. The van der Waals surface area contributed by atoms with Gasteiger partial charge in [0, 0.05) is 11.0 Å². The highest BCUT2D eigenvalue weighted by atomic mass is 28.3. The zero-order valence-corrected chi connectivity index (χ0v) is 18.9. The molecule has 0 N–H and O–H groups in total. The average molecular weight is 393 g/mol. The van der Waals surface area contributed by atoms with Crippen LogP contribution in [0.2, 0.25) is 19.6 Å². The number of hydrogen-bond donors (Lipinski definition) is 0. The molecule has 4 atom stereocenters. The number of hydrogen-bond acceptors (Lipinski definition) is 2. The van der Waals surface area contributed by atoms with Crippen molar-refractivity contribution >= 4 is 13.9 Å². The standard InChI is InChI=1S/C25H32O2Si/c1-25-13-12-21-20-11-9-19(27-2)15-17(20)8-10-22(21)23(25)16-18(24(25)26)7-6-14-28(3,4)5/h7,9,11,15,21-23H,8,10,12-13,16H2,1-5H3/b18-7+/t21-,22-,23+,25-/m1/s1. The van der Waals surface area contributed by atoms with Crippen molar-refractivity contribution in [1.29, 1.82) is 0 Å². The molecule has 0 amide bonds. The van der Waals surface area contributed by atoms with E-state index in [1.807, 2.05) is 6.08 Å². The van der Waals surface area contributed by atoms with Crippen molar-refractivity contribution in [1.82, 2.24) is 0 Å². The fraction of sp³-hybridized carbons (Fsp3) is 0.560. The summed E-state index contributed by atoms with van der Waals surface area (Å²) < 4.78 is 5.43. The van der Waals surface area contributed by atoms with Crippen LogP contribution in [0.1, 0.15) is 49.7 Å². The van der Waals surface area contributed by atoms with E-state index in [0.717, 1.165) is 37.0 Å². The molecule has 28 heavy (non-hydrogen) atoms. The topological polar surface area (TPSA) is 26.3 Å². The second-order valence-corrected chi connectivity index (χ2v) is 14.9. The Balaban J connectivity index is 1.63. The molecule has 3 aliphatic carbocycles. The van der Waals surface area contributed by atoms with Crippen molar-refractivity contribution in [2.24, 2.45) is 17.3 Å². The van der Waals surface area contributed by atoms with Crippen LogP contribution in [0.25, 0.3) is 0 Å². The Kier molecular flexibility index (Phi) is 4.82. The number of fused-ring (bicyclic) bond motifs is 5. The van der Waals surface area contributed by atoms with Gasteiger partial charge in [0.15, 0.2) is 5.78 Å². The molecule has 1 aromatic carbocycles. The van der Waals surface area contributed by atoms with Crippen LogP contribution in [-0.4, -0.2) is 21.0 Å². The number of Topliss-reactive ketones (excluding diaryl/α,β-unsaturated/α-hetero) is 1. The molecule has 0 bridgehead atoms. The Morgan fingerprint density at radius 1 is 1.25 bits per heavy atom. The highest BCUT2D eigenvalue weighted by molar-refractivity contribution is 6.83. The summed E-state index contributed by atoms with van der Waals surface area (Å²) in [6, 6.07) is 6.60. The molecule has 0 heterocycles. The van der Waals surface area contributed by atoms with Crippen LogP contribution >= 0.6 is 0 Å². The first kappa shape index (κ1) is 19.5. The quantitative estimate of drug-likeness (QED) is 0.356. The van der Waals surface area contributed by atoms with Crippen molar-refractivity contribution < 1.29 is 9.53 Å². The molecule has 2 saturated carbocycles. The Bertz CT molecular complexity index is 895. The van der Waals surface area contributed by atoms with Crippen molar-refractivity contribution in [3.63, 3.8) is 0 Å². The van der Waals surface area contributed by atoms with Crippen molar-refractivity contribution in [3.8, 4) is 17.2 Å². The van der Waals surface area contributed by atoms with E-state index in [-0.39, 0.29) is 5.41 Å². The first-order valence-corrected chi connectivity index (χ1v) is 14.2. The number of carbonyl (C=O) groups is 1. The lowest BCUT2D eigenvalue weighted by Gasteiger charge is -2.48. The van der Waals surface area contributed by atoms with Gasteiger partial charge in [-0.1, -0.05) is 38.6 Å². The second-order valence-electron chi connectivity index (χ2n) is 10.2. The molecule has 0 aliphatic heterocycles. The van der Waals surface area contributed by atoms with Gasteiger partial charge < -0.3 is 4.74 Å². The number of benzene rings is 1. The Morgan fingerprint density at radius 3 is 2.75 bits per heavy atom. The highest BCUT2D eigenvalue weighted by Crippen LogP contribution is 2.60. The van der Waals surface area contributed by atoms with Crippen LogP contribution in [-0.2, 0) is 11.2 Å². The molecule has 1 aromatic rings. The zero-order chi connectivity index (χ0) is 20.1. The predicted molar refractivity (Wildman–Crippen MR) is 117 cm³/mol. The van der Waals surface area contributed by atoms with Gasteiger partial charge in [-0.3, -0.25) is 4.79 Å². The Labute approximate surface area is 170 Å². The molecule has 4 rings (SSSR count). The summed E-state index contributed by atoms with van der Waals surface area (Å²) in [6.45, 7) is 8.96. The van der Waals surface area contributed by atoms with Gasteiger partial charge in [-0.2, -0.15) is 0 Å². The first-order chi connectivity index (χ1) is 13.2. The van der Waals surface area contributed by atoms with E-state index in [0.29, 0.717) is 23.5 Å². The third kappa shape index (κ3) is 3.26. The zero-order valence-electron chi connectivity index (χ0n) is 17.9. The first-order valence-electron chi connectivity index (χ1n) is 10.7. The van der Waals surface area contributed by atoms with Gasteiger partial charge in [-0.25, -0.2) is 0 Å². The fourth-order valence-electron chi connectivity index (χ4n) is 5.82. The summed E-state index contributed by atoms with van der Waals surface area (Å²) in [5, 5.41) is 0. The third-order valence-corrected chi connectivity index (χ3v) is 8.16. The lowest BCUT2D eigenvalue weighted by molar-refractivity contribution is -0.127. The van der Waals surface area contributed by atoms with E-state index < -0.39 is 8.07 Å². The van der Waals surface area contributed by atoms with Gasteiger partial charge >= 0.3 is 0 Å². The maximum absolute atomic E-state index is 13.3. The van der Waals surface area contributed by atoms with Crippen LogP contribution < -0.4 is 4.74 Å². The van der Waals surface area contributed by atoms with Crippen molar-refractivity contribution in [3.05, 3.63) is 41.0 Å². The molecule has 148 valence electrons. The smallest absolute Gasteiger partial charge is 0.165 e. The van der Waals surface area contributed by atoms with E-state index in [2.05, 4.69) is 56.2 Å². The maximum Gasteiger partial charge on any atom is 0.165 e. The molecule has 3 heteroatoms. The Hall–Kier alpha value is -1.79. The minimum Gasteiger partial charge on any atom is -0.497 e. The van der Waals surface area contributed by atoms with Crippen molar-refractivity contribution in [2.75, 3.05) is 7.11 Å². The van der Waals surface area contributed by atoms with Crippen LogP contribution in [0, 0.1) is 28.7 Å². The number of ether oxygens (including phenoxy) is 1. The van der Waals surface area contributed by atoms with E-state index in [1.54, 1.807) is 7.11 Å². The molecule has 3 aliphatic rings. The van der Waals surface area contributed by atoms with E-state index >= 15 is 0 Å². The molecule has 0 unspecified atom stereocenters. The molecule has 0 saturated heterocycles. The minimum absolute atomic E-state index is 0.183. The van der Waals surface area contributed by atoms with Gasteiger partial charge in [0.1, 0.15) is 13.8 Å². The van der Waals surface area contributed by atoms with Gasteiger partial charge in [0.25, 0.3) is 0 Å². The van der Waals surface area contributed by atoms with Crippen LogP contribution in [0.4, 0.5) is 0 Å². The number of methoxy groups -OCH3 is 1. The van der Waals surface area contributed by atoms with Crippen LogP contribution in [0.15, 0.2) is 29.8 Å². The monoisotopic (exact) mass is 392 g/mol. The summed E-state index contributed by atoms with van der Waals surface area (Å²) >= 11 is 0. The highest BCUT2D eigenvalue weighted by Gasteiger charge is 2.56. The molecular weight excluding hydrogens is 360 g/mol. The van der Waals surface area contributed by atoms with Crippen LogP contribution in [0.5, 0.6) is 5.75 Å². The Morgan fingerprint density at radius 2 is 2.04 bits per heavy atom. The lowest BCUT2D eigenvalue weighted by Crippen LogP contribution is -2.42. The van der Waals surface area contributed by atoms with E-state index in [1.165, 1.54) is 17.5 Å². The largest absolute Gasteiger partial charge is 0.497 e. The summed E-state index contributed by atoms with van der Waals surface area (Å²) in [7, 11) is 0.328. The SMILES string of the molecule is COc1ccc2c(c1)CC[C@@H]1[C@@H]2CC[C@@]2(C)C(=O)/C(=C/C#C[Si](C)(C)C)C[C@@H]12. The van der Waals surface area contributed by atoms with E-state index in [9.17, 15) is 4.79 Å². The van der Waals surface area contributed by atoms with Gasteiger partial charge in [0.2, 0.25) is 0 Å². The molecule has 0 aromatic heterocycles. The average Bonchev–Trinajstić information content (AvgIpc) is 2.91. The molecule has 2 fully saturated rings. The normalized spacial score (nSPS) is 32.8. The summed E-state index contributed by atoms with van der Waals surface area (Å²) in [6.07, 6.45) is 7.29. The fourth-order valence-corrected chi connectivity index (χ4v) is 6.33.